The number of rotatable bonds is 5. The highest BCUT2D eigenvalue weighted by Gasteiger charge is 2.21. The lowest BCUT2D eigenvalue weighted by Gasteiger charge is -2.09. The number of aromatic hydroxyl groups is 1. The summed E-state index contributed by atoms with van der Waals surface area (Å²) in [6.07, 6.45) is 0. The molecule has 0 unspecified atom stereocenters. The van der Waals surface area contributed by atoms with Gasteiger partial charge in [-0.1, -0.05) is 6.07 Å². The number of phenolic OH excluding ortho intramolecular Hbond substituents is 1. The third-order valence-electron chi connectivity index (χ3n) is 4.04. The molecule has 14 nitrogen and oxygen atoms in total. The summed E-state index contributed by atoms with van der Waals surface area (Å²) in [6, 6.07) is 8.64. The minimum atomic E-state index is -4.73. The summed E-state index contributed by atoms with van der Waals surface area (Å²) >= 11 is 0. The van der Waals surface area contributed by atoms with Crippen LogP contribution in [0.4, 0.5) is 17.1 Å². The van der Waals surface area contributed by atoms with Crippen molar-refractivity contribution in [2.75, 3.05) is 12.8 Å². The number of fused-ring (bicyclic) bond motifs is 1. The van der Waals surface area contributed by atoms with Gasteiger partial charge in [0.25, 0.3) is 20.2 Å². The van der Waals surface area contributed by atoms with E-state index in [9.17, 15) is 31.0 Å². The monoisotopic (exact) mass is 497 g/mol. The van der Waals surface area contributed by atoms with E-state index in [1.807, 2.05) is 4.91 Å². The van der Waals surface area contributed by atoms with Gasteiger partial charge in [0.05, 0.1) is 7.11 Å². The largest absolute Gasteiger partial charge is 0.505 e. The molecule has 0 spiro atoms. The molecule has 33 heavy (non-hydrogen) atoms. The van der Waals surface area contributed by atoms with Crippen molar-refractivity contribution < 1.29 is 35.8 Å². The number of nitrogens with zero attached hydrogens (tertiary/aromatic N) is 3. The van der Waals surface area contributed by atoms with E-state index < -0.39 is 35.8 Å². The van der Waals surface area contributed by atoms with Crippen LogP contribution in [0, 0.1) is 11.1 Å². The van der Waals surface area contributed by atoms with Crippen LogP contribution in [0.1, 0.15) is 0 Å². The topological polar surface area (TPSA) is 251 Å². The van der Waals surface area contributed by atoms with Crippen molar-refractivity contribution in [3.8, 4) is 11.5 Å². The van der Waals surface area contributed by atoms with Crippen LogP contribution in [-0.2, 0) is 20.2 Å². The molecule has 0 aliphatic rings. The van der Waals surface area contributed by atoms with Gasteiger partial charge in [-0.3, -0.25) is 9.11 Å². The normalized spacial score (nSPS) is 11.6. The summed E-state index contributed by atoms with van der Waals surface area (Å²) in [6.45, 7) is 0. The highest BCUT2D eigenvalue weighted by molar-refractivity contribution is 7.86. The minimum absolute atomic E-state index is 0.0416. The van der Waals surface area contributed by atoms with Gasteiger partial charge in [0.15, 0.2) is 5.75 Å². The summed E-state index contributed by atoms with van der Waals surface area (Å²) < 4.78 is 70.3. The first-order chi connectivity index (χ1) is 15.3. The maximum absolute atomic E-state index is 11.7. The molecule has 0 bridgehead atoms. The Hall–Kier alpha value is -3.95. The third-order valence-corrected chi connectivity index (χ3v) is 5.80. The molecule has 0 amide bonds. The number of benzene rings is 3. The van der Waals surface area contributed by atoms with Gasteiger partial charge in [0.2, 0.25) is 4.91 Å². The molecule has 0 aliphatic carbocycles. The van der Waals surface area contributed by atoms with Crippen LogP contribution in [0.3, 0.4) is 0 Å². The standard InChI is InChI=1S/C17H15N3O8S2.H2N3/c1-28-11-3-5-12(14(8-11)29(22,23)24)19-20-13-4-2-9-6-10(18)7-15(30(25,26)27)16(9)17(13)21;1-3-2/h2-8,21H,18H2,1H3,(H,22,23,24)(H,25,26,27);1-2H/q;+1. The number of ether oxygens (including phenoxy) is 1. The average Bonchev–Trinajstić information content (AvgIpc) is 2.72. The number of hydrogen-bond acceptors (Lipinski definition) is 11. The maximum atomic E-state index is 11.7. The van der Waals surface area contributed by atoms with Gasteiger partial charge < -0.3 is 15.6 Å². The van der Waals surface area contributed by atoms with Gasteiger partial charge in [-0.05, 0) is 35.7 Å². The number of phenols is 1. The second-order valence-corrected chi connectivity index (χ2v) is 8.93. The number of hydrogen-bond donors (Lipinski definition) is 6. The van der Waals surface area contributed by atoms with Crippen LogP contribution in [0.5, 0.6) is 11.5 Å². The zero-order valence-electron chi connectivity index (χ0n) is 16.7. The second kappa shape index (κ2) is 9.68. The van der Waals surface area contributed by atoms with Crippen LogP contribution in [0.2, 0.25) is 0 Å². The molecule has 0 aliphatic heterocycles. The molecule has 3 aromatic rings. The third kappa shape index (κ3) is 5.85. The Kier molecular flexibility index (Phi) is 7.42. The number of nitrogen functional groups attached to an aromatic ring is 1. The number of nitrogens with one attached hydrogen (secondary N) is 2. The Morgan fingerprint density at radius 1 is 0.909 bits per heavy atom. The SMILES string of the molecule is COc1ccc(N=Nc2ccc3cc(N)cc(S(=O)(=O)O)c3c2O)c(S(=O)(=O)O)c1.N=[N+]=N. The lowest BCUT2D eigenvalue weighted by molar-refractivity contribution is 0.412. The Morgan fingerprint density at radius 2 is 1.45 bits per heavy atom. The van der Waals surface area contributed by atoms with E-state index in [1.54, 1.807) is 0 Å². The molecule has 3 rings (SSSR count). The fourth-order valence-corrected chi connectivity index (χ4v) is 4.12. The highest BCUT2D eigenvalue weighted by atomic mass is 32.2. The summed E-state index contributed by atoms with van der Waals surface area (Å²) in [5, 5.41) is 18.0. The van der Waals surface area contributed by atoms with Crippen molar-refractivity contribution in [1.82, 2.24) is 4.91 Å². The molecule has 0 saturated carbocycles. The fraction of sp³-hybridized carbons (Fsp3) is 0.0588. The molecule has 16 heteroatoms. The van der Waals surface area contributed by atoms with E-state index in [1.165, 1.54) is 37.4 Å². The van der Waals surface area contributed by atoms with Gasteiger partial charge in [-0.15, -0.1) is 10.2 Å². The molecule has 0 aromatic heterocycles. The lowest BCUT2D eigenvalue weighted by atomic mass is 10.1. The number of nitrogens with two attached hydrogens (primary N) is 1. The van der Waals surface area contributed by atoms with Gasteiger partial charge in [-0.2, -0.15) is 16.8 Å². The Labute approximate surface area is 186 Å². The Bertz CT molecular complexity index is 1500. The van der Waals surface area contributed by atoms with E-state index in [4.69, 9.17) is 21.5 Å². The highest BCUT2D eigenvalue weighted by Crippen LogP contribution is 2.40. The lowest BCUT2D eigenvalue weighted by Crippen LogP contribution is -2.01. The smallest absolute Gasteiger partial charge is 0.296 e. The van der Waals surface area contributed by atoms with Crippen molar-refractivity contribution in [1.29, 1.82) is 11.1 Å². The predicted octanol–water partition coefficient (Wildman–Crippen LogP) is 3.16. The molecular formula is C17H17N6O8S2+. The number of anilines is 1. The average molecular weight is 497 g/mol. The zero-order chi connectivity index (χ0) is 25.0. The molecule has 3 aromatic carbocycles. The minimum Gasteiger partial charge on any atom is -0.505 e. The second-order valence-electron chi connectivity index (χ2n) is 6.15. The van der Waals surface area contributed by atoms with Crippen molar-refractivity contribution in [3.05, 3.63) is 42.5 Å². The maximum Gasteiger partial charge on any atom is 0.296 e. The van der Waals surface area contributed by atoms with Crippen LogP contribution in [0.25, 0.3) is 10.8 Å². The van der Waals surface area contributed by atoms with Gasteiger partial charge in [0, 0.05) is 17.1 Å². The van der Waals surface area contributed by atoms with Gasteiger partial charge >= 0.3 is 0 Å². The van der Waals surface area contributed by atoms with Crippen molar-refractivity contribution in [2.45, 2.75) is 9.79 Å². The van der Waals surface area contributed by atoms with Crippen molar-refractivity contribution in [2.24, 2.45) is 10.2 Å². The molecule has 0 fully saturated rings. The fourth-order valence-electron chi connectivity index (χ4n) is 2.72. The zero-order valence-corrected chi connectivity index (χ0v) is 18.3. The summed E-state index contributed by atoms with van der Waals surface area (Å²) in [4.78, 5) is 0.785. The van der Waals surface area contributed by atoms with Gasteiger partial charge in [-0.25, -0.2) is 0 Å². The summed E-state index contributed by atoms with van der Waals surface area (Å²) in [5.74, 6) is -0.490. The molecule has 0 atom stereocenters. The van der Waals surface area contributed by atoms with Crippen molar-refractivity contribution in [3.63, 3.8) is 0 Å². The van der Waals surface area contributed by atoms with Crippen LogP contribution in [-0.4, -0.2) is 38.2 Å². The van der Waals surface area contributed by atoms with Crippen LogP contribution in [0.15, 0.2) is 62.5 Å². The summed E-state index contributed by atoms with van der Waals surface area (Å²) in [7, 11) is -8.10. The molecule has 174 valence electrons. The Balaban J connectivity index is 0.00000122. The van der Waals surface area contributed by atoms with E-state index in [-0.39, 0.29) is 33.6 Å². The van der Waals surface area contributed by atoms with Crippen molar-refractivity contribution >= 4 is 48.1 Å². The number of methoxy groups -OCH3 is 1. The van der Waals surface area contributed by atoms with E-state index >= 15 is 0 Å². The molecule has 0 radical (unpaired) electrons. The van der Waals surface area contributed by atoms with E-state index in [0.717, 1.165) is 12.1 Å². The number of azo groups is 1. The van der Waals surface area contributed by atoms with E-state index in [0.29, 0.717) is 0 Å². The van der Waals surface area contributed by atoms with Crippen LogP contribution >= 0.6 is 0 Å². The summed E-state index contributed by atoms with van der Waals surface area (Å²) in [5.41, 5.74) is 16.2. The van der Waals surface area contributed by atoms with E-state index in [2.05, 4.69) is 10.2 Å². The molecule has 0 heterocycles. The first kappa shape index (κ1) is 25.3. The van der Waals surface area contributed by atoms with Gasteiger partial charge in [0.1, 0.15) is 38.0 Å². The Morgan fingerprint density at radius 3 is 2.00 bits per heavy atom. The van der Waals surface area contributed by atoms with Crippen LogP contribution < -0.4 is 15.4 Å². The molecule has 7 N–H and O–H groups in total. The quantitative estimate of drug-likeness (QED) is 0.131. The molecule has 0 saturated heterocycles. The first-order valence-electron chi connectivity index (χ1n) is 8.46. The predicted molar refractivity (Wildman–Crippen MR) is 114 cm³/mol. The first-order valence-corrected chi connectivity index (χ1v) is 11.3. The molecular weight excluding hydrogens is 480 g/mol.